The average Bonchev–Trinajstić information content (AvgIpc) is 2.63. The van der Waals surface area contributed by atoms with Crippen molar-refractivity contribution in [2.45, 2.75) is 18.9 Å². The zero-order valence-corrected chi connectivity index (χ0v) is 16.7. The predicted octanol–water partition coefficient (Wildman–Crippen LogP) is 5.28. The first-order chi connectivity index (χ1) is 12.4. The molecule has 3 nitrogen and oxygen atoms in total. The van der Waals surface area contributed by atoms with E-state index in [1.165, 1.54) is 6.08 Å². The van der Waals surface area contributed by atoms with Crippen molar-refractivity contribution in [2.24, 2.45) is 0 Å². The Morgan fingerprint density at radius 2 is 1.81 bits per heavy atom. The first-order valence-electron chi connectivity index (χ1n) is 8.39. The fourth-order valence-corrected chi connectivity index (χ4v) is 2.87. The Labute approximate surface area is 165 Å². The highest BCUT2D eigenvalue weighted by molar-refractivity contribution is 6.42. The minimum atomic E-state index is -0.370. The van der Waals surface area contributed by atoms with Crippen LogP contribution in [0.2, 0.25) is 10.0 Å². The van der Waals surface area contributed by atoms with Crippen molar-refractivity contribution >= 4 is 35.2 Å². The van der Waals surface area contributed by atoms with Gasteiger partial charge in [-0.2, -0.15) is 0 Å². The van der Waals surface area contributed by atoms with Crippen molar-refractivity contribution in [2.75, 3.05) is 20.7 Å². The molecule has 0 aromatic heterocycles. The van der Waals surface area contributed by atoms with Gasteiger partial charge in [-0.15, -0.1) is 0 Å². The van der Waals surface area contributed by atoms with Crippen molar-refractivity contribution < 1.29 is 9.53 Å². The number of halogens is 2. The van der Waals surface area contributed by atoms with Crippen molar-refractivity contribution in [3.8, 4) is 0 Å². The van der Waals surface area contributed by atoms with Gasteiger partial charge in [-0.3, -0.25) is 0 Å². The molecule has 0 heterocycles. The molecular formula is C21H23Cl2NO2. The van der Waals surface area contributed by atoms with Gasteiger partial charge in [0, 0.05) is 18.0 Å². The van der Waals surface area contributed by atoms with Crippen LogP contribution in [-0.2, 0) is 9.53 Å². The van der Waals surface area contributed by atoms with Gasteiger partial charge in [0.25, 0.3) is 0 Å². The summed E-state index contributed by atoms with van der Waals surface area (Å²) >= 11 is 12.2. The van der Waals surface area contributed by atoms with Gasteiger partial charge in [0.05, 0.1) is 16.7 Å². The molecule has 0 N–H and O–H groups in total. The molecule has 0 amide bonds. The van der Waals surface area contributed by atoms with E-state index in [-0.39, 0.29) is 24.5 Å². The lowest BCUT2D eigenvalue weighted by molar-refractivity contribution is -0.138. The summed E-state index contributed by atoms with van der Waals surface area (Å²) in [5.74, 6) is -0.390. The van der Waals surface area contributed by atoms with Crippen molar-refractivity contribution in [3.63, 3.8) is 0 Å². The number of likely N-dealkylation sites (N-methyl/N-ethyl adjacent to an activating group) is 1. The predicted molar refractivity (Wildman–Crippen MR) is 109 cm³/mol. The van der Waals surface area contributed by atoms with Crippen LogP contribution in [0.3, 0.4) is 0 Å². The Morgan fingerprint density at radius 1 is 1.12 bits per heavy atom. The molecule has 2 aromatic carbocycles. The molecule has 0 radical (unpaired) electrons. The standard InChI is InChI=1S/C21H23Cl2NO2/c1-15(24(2)3)18(17-10-11-19(22)20(23)13-17)14-26-21(25)12-9-16-7-5-4-6-8-16/h4-13,15,18H,14H2,1-3H3. The molecule has 0 spiro atoms. The molecule has 2 aromatic rings. The first kappa shape index (κ1) is 20.5. The van der Waals surface area contributed by atoms with E-state index in [0.717, 1.165) is 11.1 Å². The van der Waals surface area contributed by atoms with Gasteiger partial charge in [-0.05, 0) is 50.4 Å². The topological polar surface area (TPSA) is 29.5 Å². The Morgan fingerprint density at radius 3 is 2.42 bits per heavy atom. The normalized spacial score (nSPS) is 13.8. The third-order valence-corrected chi connectivity index (χ3v) is 5.12. The van der Waals surface area contributed by atoms with E-state index < -0.39 is 0 Å². The first-order valence-corrected chi connectivity index (χ1v) is 9.15. The second-order valence-electron chi connectivity index (χ2n) is 6.36. The lowest BCUT2D eigenvalue weighted by Gasteiger charge is -2.29. The lowest BCUT2D eigenvalue weighted by Crippen LogP contribution is -2.34. The number of esters is 1. The Hall–Kier alpha value is -1.81. The summed E-state index contributed by atoms with van der Waals surface area (Å²) in [5, 5.41) is 1.00. The van der Waals surface area contributed by atoms with Gasteiger partial charge < -0.3 is 9.64 Å². The molecule has 138 valence electrons. The van der Waals surface area contributed by atoms with E-state index >= 15 is 0 Å². The summed E-state index contributed by atoms with van der Waals surface area (Å²) in [6, 6.07) is 15.3. The zero-order valence-electron chi connectivity index (χ0n) is 15.2. The quantitative estimate of drug-likeness (QED) is 0.474. The highest BCUT2D eigenvalue weighted by Crippen LogP contribution is 2.29. The number of hydrogen-bond acceptors (Lipinski definition) is 3. The van der Waals surface area contributed by atoms with Gasteiger partial charge >= 0.3 is 5.97 Å². The number of carbonyl (C=O) groups is 1. The maximum absolute atomic E-state index is 12.1. The molecule has 2 atom stereocenters. The Kier molecular flexibility index (Phi) is 7.70. The molecule has 0 fully saturated rings. The minimum absolute atomic E-state index is 0.0196. The van der Waals surface area contributed by atoms with Gasteiger partial charge in [0.15, 0.2) is 0 Å². The van der Waals surface area contributed by atoms with Gasteiger partial charge in [0.1, 0.15) is 0 Å². The van der Waals surface area contributed by atoms with Gasteiger partial charge in [0.2, 0.25) is 0 Å². The number of benzene rings is 2. The summed E-state index contributed by atoms with van der Waals surface area (Å²) in [7, 11) is 3.98. The molecule has 2 rings (SSSR count). The lowest BCUT2D eigenvalue weighted by atomic mass is 9.92. The maximum atomic E-state index is 12.1. The van der Waals surface area contributed by atoms with Crippen LogP contribution in [-0.4, -0.2) is 37.6 Å². The van der Waals surface area contributed by atoms with E-state index in [0.29, 0.717) is 10.0 Å². The van der Waals surface area contributed by atoms with E-state index in [1.807, 2.05) is 56.6 Å². The Bertz CT molecular complexity index is 760. The van der Waals surface area contributed by atoms with Crippen LogP contribution in [0.15, 0.2) is 54.6 Å². The van der Waals surface area contributed by atoms with Crippen molar-refractivity contribution in [3.05, 3.63) is 75.8 Å². The zero-order chi connectivity index (χ0) is 19.1. The molecule has 0 saturated carbocycles. The van der Waals surface area contributed by atoms with Crippen molar-refractivity contribution in [1.29, 1.82) is 0 Å². The second-order valence-corrected chi connectivity index (χ2v) is 7.17. The molecule has 26 heavy (non-hydrogen) atoms. The minimum Gasteiger partial charge on any atom is -0.462 e. The SMILES string of the molecule is CC(C(COC(=O)C=Cc1ccccc1)c1ccc(Cl)c(Cl)c1)N(C)C. The summed E-state index contributed by atoms with van der Waals surface area (Å²) in [6.45, 7) is 2.34. The number of carbonyl (C=O) groups excluding carboxylic acids is 1. The number of nitrogens with zero attached hydrogens (tertiary/aromatic N) is 1. The monoisotopic (exact) mass is 391 g/mol. The van der Waals surface area contributed by atoms with E-state index in [9.17, 15) is 4.79 Å². The van der Waals surface area contributed by atoms with Gasteiger partial charge in [-0.1, -0.05) is 59.6 Å². The smallest absolute Gasteiger partial charge is 0.330 e. The van der Waals surface area contributed by atoms with Crippen LogP contribution in [0, 0.1) is 0 Å². The molecule has 5 heteroatoms. The molecule has 2 unspecified atom stereocenters. The molecule has 0 aliphatic heterocycles. The van der Waals surface area contributed by atoms with Crippen molar-refractivity contribution in [1.82, 2.24) is 4.90 Å². The maximum Gasteiger partial charge on any atom is 0.330 e. The number of ether oxygens (including phenoxy) is 1. The third kappa shape index (κ3) is 5.87. The highest BCUT2D eigenvalue weighted by atomic mass is 35.5. The van der Waals surface area contributed by atoms with Gasteiger partial charge in [-0.25, -0.2) is 4.79 Å². The summed E-state index contributed by atoms with van der Waals surface area (Å²) in [5.41, 5.74) is 1.94. The number of hydrogen-bond donors (Lipinski definition) is 0. The van der Waals surface area contributed by atoms with E-state index in [1.54, 1.807) is 12.1 Å². The van der Waals surface area contributed by atoms with Crippen LogP contribution >= 0.6 is 23.2 Å². The number of rotatable bonds is 7. The van der Waals surface area contributed by atoms with Crippen LogP contribution in [0.5, 0.6) is 0 Å². The van der Waals surface area contributed by atoms with E-state index in [2.05, 4.69) is 11.8 Å². The van der Waals surface area contributed by atoms with E-state index in [4.69, 9.17) is 27.9 Å². The molecular weight excluding hydrogens is 369 g/mol. The summed E-state index contributed by atoms with van der Waals surface area (Å²) < 4.78 is 5.49. The van der Waals surface area contributed by atoms with Crippen LogP contribution < -0.4 is 0 Å². The highest BCUT2D eigenvalue weighted by Gasteiger charge is 2.23. The average molecular weight is 392 g/mol. The van der Waals surface area contributed by atoms with Crippen LogP contribution in [0.1, 0.15) is 24.0 Å². The van der Waals surface area contributed by atoms with Crippen LogP contribution in [0.25, 0.3) is 6.08 Å². The largest absolute Gasteiger partial charge is 0.462 e. The third-order valence-electron chi connectivity index (χ3n) is 4.39. The summed E-state index contributed by atoms with van der Waals surface area (Å²) in [6.07, 6.45) is 3.19. The molecule has 0 bridgehead atoms. The second kappa shape index (κ2) is 9.77. The molecule has 0 aliphatic carbocycles. The fraction of sp³-hybridized carbons (Fsp3) is 0.286. The summed E-state index contributed by atoms with van der Waals surface area (Å²) in [4.78, 5) is 14.2. The van der Waals surface area contributed by atoms with Crippen LogP contribution in [0.4, 0.5) is 0 Å². The fourth-order valence-electron chi connectivity index (χ4n) is 2.57. The molecule has 0 aliphatic rings. The Balaban J connectivity index is 2.08. The molecule has 0 saturated heterocycles.